The molecule has 5 heteroatoms. The van der Waals surface area contributed by atoms with Crippen molar-refractivity contribution >= 4 is 17.7 Å². The first-order valence-electron chi connectivity index (χ1n) is 4.82. The van der Waals surface area contributed by atoms with Crippen molar-refractivity contribution in [2.75, 3.05) is 5.75 Å². The Balaban J connectivity index is 3.24. The summed E-state index contributed by atoms with van der Waals surface area (Å²) in [5.41, 5.74) is -0.0188. The van der Waals surface area contributed by atoms with Crippen molar-refractivity contribution in [2.45, 2.75) is 38.1 Å². The molecule has 0 saturated heterocycles. The maximum Gasteiger partial charge on any atom is 0.355 e. The number of carboxylic acids is 1. The van der Waals surface area contributed by atoms with E-state index in [4.69, 9.17) is 5.11 Å². The lowest BCUT2D eigenvalue weighted by molar-refractivity contribution is 0.0670. The zero-order chi connectivity index (χ0) is 11.6. The molecule has 0 amide bonds. The monoisotopic (exact) mass is 228 g/mol. The first-order valence-corrected chi connectivity index (χ1v) is 5.81. The zero-order valence-corrected chi connectivity index (χ0v) is 10.3. The van der Waals surface area contributed by atoms with Crippen LogP contribution in [0, 0.1) is 0 Å². The van der Waals surface area contributed by atoms with Crippen LogP contribution in [0.4, 0.5) is 0 Å². The second-order valence-corrected chi connectivity index (χ2v) is 5.48. The summed E-state index contributed by atoms with van der Waals surface area (Å²) in [5.74, 6) is -0.0748. The highest BCUT2D eigenvalue weighted by Crippen LogP contribution is 2.26. The first-order chi connectivity index (χ1) is 6.88. The summed E-state index contributed by atoms with van der Waals surface area (Å²) < 4.78 is 1.56. The van der Waals surface area contributed by atoms with Crippen LogP contribution in [-0.4, -0.2) is 26.6 Å². The second kappa shape index (κ2) is 4.26. The Kier molecular flexibility index (Phi) is 3.44. The predicted molar refractivity (Wildman–Crippen MR) is 60.6 cm³/mol. The molecule has 1 aromatic heterocycles. The van der Waals surface area contributed by atoms with Gasteiger partial charge < -0.3 is 5.11 Å². The molecule has 0 fully saturated rings. The highest BCUT2D eigenvalue weighted by atomic mass is 32.2. The van der Waals surface area contributed by atoms with E-state index in [9.17, 15) is 4.79 Å². The minimum Gasteiger partial charge on any atom is -0.476 e. The Morgan fingerprint density at radius 3 is 2.60 bits per heavy atom. The summed E-state index contributed by atoms with van der Waals surface area (Å²) in [6, 6.07) is 0. The number of rotatable bonds is 3. The molecule has 0 saturated carbocycles. The van der Waals surface area contributed by atoms with Crippen LogP contribution in [0.25, 0.3) is 0 Å². The van der Waals surface area contributed by atoms with Crippen molar-refractivity contribution < 1.29 is 9.90 Å². The maximum absolute atomic E-state index is 11.2. The van der Waals surface area contributed by atoms with Gasteiger partial charge in [-0.15, -0.1) is 11.8 Å². The molecule has 1 rings (SSSR count). The minimum atomic E-state index is -0.918. The van der Waals surface area contributed by atoms with E-state index in [0.717, 1.165) is 10.6 Å². The van der Waals surface area contributed by atoms with E-state index in [1.807, 2.05) is 27.7 Å². The van der Waals surface area contributed by atoms with Crippen LogP contribution in [0.3, 0.4) is 0 Å². The molecule has 1 heterocycles. The Morgan fingerprint density at radius 1 is 1.60 bits per heavy atom. The van der Waals surface area contributed by atoms with E-state index in [0.29, 0.717) is 0 Å². The molecule has 1 aromatic rings. The van der Waals surface area contributed by atoms with Gasteiger partial charge in [0.05, 0.1) is 16.6 Å². The molecule has 0 aromatic carbocycles. The summed E-state index contributed by atoms with van der Waals surface area (Å²) >= 11 is 1.50. The lowest BCUT2D eigenvalue weighted by Crippen LogP contribution is -2.27. The summed E-state index contributed by atoms with van der Waals surface area (Å²) in [6.07, 6.45) is 1.63. The van der Waals surface area contributed by atoms with Crippen molar-refractivity contribution in [1.82, 2.24) is 9.78 Å². The molecule has 0 aliphatic rings. The third kappa shape index (κ3) is 2.53. The number of hydrogen-bond acceptors (Lipinski definition) is 3. The van der Waals surface area contributed by atoms with Crippen LogP contribution in [0.15, 0.2) is 11.1 Å². The highest BCUT2D eigenvalue weighted by molar-refractivity contribution is 7.99. The van der Waals surface area contributed by atoms with E-state index in [-0.39, 0.29) is 11.2 Å². The lowest BCUT2D eigenvalue weighted by atomic mass is 10.1. The Hall–Kier alpha value is -0.970. The van der Waals surface area contributed by atoms with Crippen LogP contribution in [0.5, 0.6) is 0 Å². The van der Waals surface area contributed by atoms with Crippen molar-refractivity contribution in [3.8, 4) is 0 Å². The average Bonchev–Trinajstić information content (AvgIpc) is 2.47. The van der Waals surface area contributed by atoms with E-state index in [1.54, 1.807) is 10.9 Å². The average molecular weight is 228 g/mol. The summed E-state index contributed by atoms with van der Waals surface area (Å²) in [5, 5.41) is 13.3. The molecule has 0 spiro atoms. The van der Waals surface area contributed by atoms with E-state index < -0.39 is 5.97 Å². The minimum absolute atomic E-state index is 0.286. The van der Waals surface area contributed by atoms with Gasteiger partial charge in [-0.25, -0.2) is 4.79 Å². The number of thioether (sulfide) groups is 1. The quantitative estimate of drug-likeness (QED) is 0.807. The van der Waals surface area contributed by atoms with Gasteiger partial charge in [-0.3, -0.25) is 4.68 Å². The SMILES string of the molecule is CCSc1cnn(C(C)(C)C)c1C(=O)O. The van der Waals surface area contributed by atoms with E-state index >= 15 is 0 Å². The summed E-state index contributed by atoms with van der Waals surface area (Å²) in [7, 11) is 0. The van der Waals surface area contributed by atoms with Crippen LogP contribution in [0.2, 0.25) is 0 Å². The van der Waals surface area contributed by atoms with E-state index in [2.05, 4.69) is 5.10 Å². The van der Waals surface area contributed by atoms with Gasteiger partial charge in [-0.1, -0.05) is 6.92 Å². The smallest absolute Gasteiger partial charge is 0.355 e. The molecule has 0 aliphatic carbocycles. The molecule has 1 N–H and O–H groups in total. The molecule has 0 bridgehead atoms. The van der Waals surface area contributed by atoms with Crippen LogP contribution in [-0.2, 0) is 5.54 Å². The van der Waals surface area contributed by atoms with Crippen molar-refractivity contribution in [3.63, 3.8) is 0 Å². The van der Waals surface area contributed by atoms with Crippen molar-refractivity contribution in [2.24, 2.45) is 0 Å². The Bertz CT molecular complexity index is 366. The van der Waals surface area contributed by atoms with E-state index in [1.165, 1.54) is 11.8 Å². The number of aromatic nitrogens is 2. The van der Waals surface area contributed by atoms with Crippen LogP contribution in [0.1, 0.15) is 38.2 Å². The van der Waals surface area contributed by atoms with Gasteiger partial charge in [0.1, 0.15) is 0 Å². The fraction of sp³-hybridized carbons (Fsp3) is 0.600. The molecule has 4 nitrogen and oxygen atoms in total. The molecule has 0 unspecified atom stereocenters. The van der Waals surface area contributed by atoms with Gasteiger partial charge in [-0.05, 0) is 26.5 Å². The molecular formula is C10H16N2O2S. The van der Waals surface area contributed by atoms with Crippen molar-refractivity contribution in [1.29, 1.82) is 0 Å². The molecular weight excluding hydrogens is 212 g/mol. The van der Waals surface area contributed by atoms with Crippen molar-refractivity contribution in [3.05, 3.63) is 11.9 Å². The fourth-order valence-electron chi connectivity index (χ4n) is 1.30. The lowest BCUT2D eigenvalue weighted by Gasteiger charge is -2.21. The van der Waals surface area contributed by atoms with Gasteiger partial charge in [0, 0.05) is 0 Å². The van der Waals surface area contributed by atoms with Gasteiger partial charge in [0.2, 0.25) is 0 Å². The third-order valence-corrected chi connectivity index (χ3v) is 2.77. The van der Waals surface area contributed by atoms with Gasteiger partial charge >= 0.3 is 5.97 Å². The largest absolute Gasteiger partial charge is 0.476 e. The third-order valence-electron chi connectivity index (χ3n) is 1.87. The molecule has 0 atom stereocenters. The normalized spacial score (nSPS) is 11.7. The van der Waals surface area contributed by atoms with Crippen LogP contribution < -0.4 is 0 Å². The number of hydrogen-bond donors (Lipinski definition) is 1. The topological polar surface area (TPSA) is 55.1 Å². The second-order valence-electron chi connectivity index (χ2n) is 4.18. The molecule has 0 aliphatic heterocycles. The number of carboxylic acid groups (broad SMARTS) is 1. The molecule has 0 radical (unpaired) electrons. The highest BCUT2D eigenvalue weighted by Gasteiger charge is 2.25. The Morgan fingerprint density at radius 2 is 2.20 bits per heavy atom. The van der Waals surface area contributed by atoms with Gasteiger partial charge in [0.15, 0.2) is 5.69 Å². The molecule has 84 valence electrons. The standard InChI is InChI=1S/C10H16N2O2S/c1-5-15-7-6-11-12(10(2,3)4)8(7)9(13)14/h6H,5H2,1-4H3,(H,13,14). The molecule has 15 heavy (non-hydrogen) atoms. The summed E-state index contributed by atoms with van der Waals surface area (Å²) in [4.78, 5) is 11.9. The number of carbonyl (C=O) groups is 1. The number of nitrogens with zero attached hydrogens (tertiary/aromatic N) is 2. The first kappa shape index (κ1) is 12.1. The summed E-state index contributed by atoms with van der Waals surface area (Å²) in [6.45, 7) is 7.80. The maximum atomic E-state index is 11.2. The zero-order valence-electron chi connectivity index (χ0n) is 9.44. The van der Waals surface area contributed by atoms with Gasteiger partial charge in [0.25, 0.3) is 0 Å². The van der Waals surface area contributed by atoms with Crippen LogP contribution >= 0.6 is 11.8 Å². The predicted octanol–water partition coefficient (Wildman–Crippen LogP) is 2.45. The fourth-order valence-corrected chi connectivity index (χ4v) is 2.04. The van der Waals surface area contributed by atoms with Gasteiger partial charge in [-0.2, -0.15) is 5.10 Å². The number of aromatic carboxylic acids is 1. The Labute approximate surface area is 93.7 Å².